The van der Waals surface area contributed by atoms with Gasteiger partial charge in [-0.2, -0.15) is 0 Å². The smallest absolute Gasteiger partial charge is 0.323 e. The number of hydrogen-bond donors (Lipinski definition) is 1. The number of anilines is 1. The Bertz CT molecular complexity index is 910. The quantitative estimate of drug-likeness (QED) is 0.701. The topological polar surface area (TPSA) is 58.4 Å². The summed E-state index contributed by atoms with van der Waals surface area (Å²) in [5.41, 5.74) is 3.06. The molecule has 0 saturated heterocycles. The number of nitrogens with zero attached hydrogens (tertiary/aromatic N) is 2. The number of hydrogen-bond acceptors (Lipinski definition) is 4. The van der Waals surface area contributed by atoms with Crippen LogP contribution in [-0.2, 0) is 13.0 Å². The highest BCUT2D eigenvalue weighted by Gasteiger charge is 2.26. The van der Waals surface area contributed by atoms with Crippen molar-refractivity contribution in [1.82, 2.24) is 9.88 Å². The number of thiazole rings is 1. The number of fused-ring (bicyclic) bond motifs is 1. The van der Waals surface area contributed by atoms with Gasteiger partial charge in [0.2, 0.25) is 0 Å². The van der Waals surface area contributed by atoms with Crippen LogP contribution in [0.3, 0.4) is 0 Å². The van der Waals surface area contributed by atoms with Crippen LogP contribution in [0.4, 0.5) is 9.93 Å². The van der Waals surface area contributed by atoms with Crippen LogP contribution < -0.4 is 5.32 Å². The number of amides is 2. The van der Waals surface area contributed by atoms with Crippen molar-refractivity contribution < 1.29 is 9.21 Å². The van der Waals surface area contributed by atoms with E-state index < -0.39 is 0 Å². The fraction of sp³-hybridized carbons (Fsp3) is 0.368. The van der Waals surface area contributed by atoms with E-state index in [-0.39, 0.29) is 6.03 Å². The van der Waals surface area contributed by atoms with Crippen LogP contribution >= 0.6 is 11.3 Å². The zero-order chi connectivity index (χ0) is 17.4. The molecule has 6 heteroatoms. The van der Waals surface area contributed by atoms with Gasteiger partial charge in [0.1, 0.15) is 11.3 Å². The van der Waals surface area contributed by atoms with Gasteiger partial charge >= 0.3 is 6.03 Å². The van der Waals surface area contributed by atoms with Crippen LogP contribution in [0.1, 0.15) is 42.7 Å². The minimum atomic E-state index is -0.149. The van der Waals surface area contributed by atoms with Gasteiger partial charge < -0.3 is 9.32 Å². The van der Waals surface area contributed by atoms with E-state index in [2.05, 4.69) is 17.2 Å². The third kappa shape index (κ3) is 3.26. The van der Waals surface area contributed by atoms with Gasteiger partial charge in [-0.3, -0.25) is 5.32 Å². The second-order valence-corrected chi connectivity index (χ2v) is 7.35. The Hall–Kier alpha value is -2.34. The highest BCUT2D eigenvalue weighted by Crippen LogP contribution is 2.40. The number of rotatable bonds is 5. The van der Waals surface area contributed by atoms with Crippen LogP contribution in [-0.4, -0.2) is 23.0 Å². The summed E-state index contributed by atoms with van der Waals surface area (Å²) in [6.07, 6.45) is 3.23. The van der Waals surface area contributed by atoms with Crippen molar-refractivity contribution in [2.24, 2.45) is 0 Å². The molecule has 1 N–H and O–H groups in total. The van der Waals surface area contributed by atoms with Crippen LogP contribution in [0.25, 0.3) is 11.0 Å². The Morgan fingerprint density at radius 2 is 2.20 bits per heavy atom. The molecular formula is C19H21N3O2S. The maximum absolute atomic E-state index is 12.5. The first kappa shape index (κ1) is 16.1. The van der Waals surface area contributed by atoms with Crippen LogP contribution in [0.5, 0.6) is 0 Å². The summed E-state index contributed by atoms with van der Waals surface area (Å²) in [5.74, 6) is 1.54. The summed E-state index contributed by atoms with van der Waals surface area (Å²) >= 11 is 1.49. The number of carbonyl (C=O) groups is 1. The molecule has 2 aromatic heterocycles. The van der Waals surface area contributed by atoms with Gasteiger partial charge in [-0.05, 0) is 18.9 Å². The third-order valence-corrected chi connectivity index (χ3v) is 5.35. The molecule has 2 heterocycles. The Labute approximate surface area is 150 Å². The average molecular weight is 355 g/mol. The Morgan fingerprint density at radius 3 is 2.96 bits per heavy atom. The highest BCUT2D eigenvalue weighted by molar-refractivity contribution is 7.13. The number of aromatic nitrogens is 1. The summed E-state index contributed by atoms with van der Waals surface area (Å²) in [6.45, 7) is 2.57. The van der Waals surface area contributed by atoms with E-state index in [0.29, 0.717) is 17.6 Å². The van der Waals surface area contributed by atoms with E-state index in [1.165, 1.54) is 24.2 Å². The van der Waals surface area contributed by atoms with E-state index in [1.54, 1.807) is 11.9 Å². The fourth-order valence-corrected chi connectivity index (χ4v) is 3.80. The van der Waals surface area contributed by atoms with Crippen molar-refractivity contribution >= 4 is 33.5 Å². The van der Waals surface area contributed by atoms with E-state index in [9.17, 15) is 4.79 Å². The molecule has 0 unspecified atom stereocenters. The summed E-state index contributed by atoms with van der Waals surface area (Å²) in [6, 6.07) is 7.82. The minimum absolute atomic E-state index is 0.149. The van der Waals surface area contributed by atoms with Crippen molar-refractivity contribution in [3.05, 3.63) is 46.7 Å². The van der Waals surface area contributed by atoms with E-state index in [4.69, 9.17) is 4.42 Å². The SMILES string of the molecule is CCc1oc2ccccc2c1CN(C)C(=O)Nc1nc(C2CC2)cs1. The zero-order valence-corrected chi connectivity index (χ0v) is 15.2. The molecule has 1 saturated carbocycles. The lowest BCUT2D eigenvalue weighted by atomic mass is 10.1. The second kappa shape index (κ2) is 6.52. The number of carbonyl (C=O) groups excluding carboxylic acids is 1. The van der Waals surface area contributed by atoms with Gasteiger partial charge in [0.15, 0.2) is 5.13 Å². The summed E-state index contributed by atoms with van der Waals surface area (Å²) in [5, 5.41) is 6.70. The van der Waals surface area contributed by atoms with Gasteiger partial charge in [0.05, 0.1) is 12.2 Å². The number of furan rings is 1. The molecule has 5 nitrogen and oxygen atoms in total. The molecule has 1 aliphatic carbocycles. The predicted molar refractivity (Wildman–Crippen MR) is 100 cm³/mol. The molecule has 130 valence electrons. The Kier molecular flexibility index (Phi) is 4.21. The molecule has 3 aromatic rings. The summed E-state index contributed by atoms with van der Waals surface area (Å²) < 4.78 is 5.92. The number of aryl methyl sites for hydroxylation is 1. The van der Waals surface area contributed by atoms with Gasteiger partial charge in [0, 0.05) is 35.7 Å². The first-order valence-electron chi connectivity index (χ1n) is 8.62. The van der Waals surface area contributed by atoms with Gasteiger partial charge in [-0.15, -0.1) is 11.3 Å². The molecule has 1 aromatic carbocycles. The summed E-state index contributed by atoms with van der Waals surface area (Å²) in [4.78, 5) is 18.7. The molecule has 0 spiro atoms. The van der Waals surface area contributed by atoms with Gasteiger partial charge in [-0.1, -0.05) is 25.1 Å². The molecule has 0 bridgehead atoms. The van der Waals surface area contributed by atoms with Crippen molar-refractivity contribution in [3.8, 4) is 0 Å². The van der Waals surface area contributed by atoms with Crippen LogP contribution in [0.15, 0.2) is 34.1 Å². The second-order valence-electron chi connectivity index (χ2n) is 6.49. The zero-order valence-electron chi connectivity index (χ0n) is 14.4. The number of benzene rings is 1. The number of urea groups is 1. The fourth-order valence-electron chi connectivity index (χ4n) is 3.01. The lowest BCUT2D eigenvalue weighted by Gasteiger charge is -2.17. The molecule has 4 rings (SSSR count). The largest absolute Gasteiger partial charge is 0.461 e. The molecule has 25 heavy (non-hydrogen) atoms. The molecule has 0 radical (unpaired) electrons. The van der Waals surface area contributed by atoms with Crippen LogP contribution in [0.2, 0.25) is 0 Å². The maximum atomic E-state index is 12.5. The lowest BCUT2D eigenvalue weighted by Crippen LogP contribution is -2.31. The normalized spacial score (nSPS) is 14.0. The molecule has 0 atom stereocenters. The van der Waals surface area contributed by atoms with E-state index in [0.717, 1.165) is 34.4 Å². The molecule has 0 aliphatic heterocycles. The first-order chi connectivity index (χ1) is 12.2. The Balaban J connectivity index is 1.49. The Morgan fingerprint density at radius 1 is 1.40 bits per heavy atom. The third-order valence-electron chi connectivity index (χ3n) is 4.58. The van der Waals surface area contributed by atoms with Crippen molar-refractivity contribution in [2.75, 3.05) is 12.4 Å². The highest BCUT2D eigenvalue weighted by atomic mass is 32.1. The van der Waals surface area contributed by atoms with Crippen molar-refractivity contribution in [1.29, 1.82) is 0 Å². The van der Waals surface area contributed by atoms with E-state index in [1.807, 2.05) is 29.6 Å². The monoisotopic (exact) mass is 355 g/mol. The molecule has 1 aliphatic rings. The molecular weight excluding hydrogens is 334 g/mol. The first-order valence-corrected chi connectivity index (χ1v) is 9.50. The number of para-hydroxylation sites is 1. The molecule has 2 amide bonds. The average Bonchev–Trinajstić information content (AvgIpc) is 3.27. The van der Waals surface area contributed by atoms with Gasteiger partial charge in [0.25, 0.3) is 0 Å². The van der Waals surface area contributed by atoms with Gasteiger partial charge in [-0.25, -0.2) is 9.78 Å². The lowest BCUT2D eigenvalue weighted by molar-refractivity contribution is 0.220. The predicted octanol–water partition coefficient (Wildman–Crippen LogP) is 4.99. The summed E-state index contributed by atoms with van der Waals surface area (Å²) in [7, 11) is 1.80. The molecule has 1 fully saturated rings. The number of nitrogens with one attached hydrogen (secondary N) is 1. The van der Waals surface area contributed by atoms with Crippen LogP contribution in [0, 0.1) is 0 Å². The standard InChI is InChI=1S/C19H21N3O2S/c1-3-16-14(13-6-4-5-7-17(13)24-16)10-22(2)19(23)21-18-20-15(11-25-18)12-8-9-12/h4-7,11-12H,3,8-10H2,1-2H3,(H,20,21,23). The van der Waals surface area contributed by atoms with E-state index >= 15 is 0 Å². The van der Waals surface area contributed by atoms with Crippen molar-refractivity contribution in [2.45, 2.75) is 38.6 Å². The van der Waals surface area contributed by atoms with Crippen molar-refractivity contribution in [3.63, 3.8) is 0 Å². The minimum Gasteiger partial charge on any atom is -0.461 e. The maximum Gasteiger partial charge on any atom is 0.323 e.